The van der Waals surface area contributed by atoms with Crippen LogP contribution in [0.5, 0.6) is 0 Å². The number of aliphatic hydroxyl groups is 1. The molecule has 0 amide bonds. The molecule has 0 heterocycles. The first-order chi connectivity index (χ1) is 46.4. The van der Waals surface area contributed by atoms with Crippen LogP contribution in [0.3, 0.4) is 0 Å². The van der Waals surface area contributed by atoms with Gasteiger partial charge in [0.1, 0.15) is 19.3 Å². The lowest BCUT2D eigenvalue weighted by molar-refractivity contribution is -0.161. The van der Waals surface area contributed by atoms with Gasteiger partial charge in [-0.05, 0) is 37.5 Å². The zero-order valence-electron chi connectivity index (χ0n) is 62.7. The quantitative estimate of drug-likeness (QED) is 0.0222. The van der Waals surface area contributed by atoms with Crippen LogP contribution in [-0.4, -0.2) is 96.7 Å². The van der Waals surface area contributed by atoms with E-state index in [1.54, 1.807) is 0 Å². The highest BCUT2D eigenvalue weighted by Gasteiger charge is 2.30. The summed E-state index contributed by atoms with van der Waals surface area (Å²) in [6.07, 6.45) is 56.9. The number of esters is 4. The average molecular weight is 1410 g/mol. The van der Waals surface area contributed by atoms with Crippen LogP contribution in [0.2, 0.25) is 0 Å². The van der Waals surface area contributed by atoms with E-state index in [0.717, 1.165) is 102 Å². The Labute approximate surface area is 588 Å². The zero-order valence-corrected chi connectivity index (χ0v) is 64.5. The lowest BCUT2D eigenvalue weighted by Gasteiger charge is -2.21. The molecule has 0 aliphatic carbocycles. The molecule has 0 fully saturated rings. The van der Waals surface area contributed by atoms with E-state index in [1.807, 2.05) is 0 Å². The summed E-state index contributed by atoms with van der Waals surface area (Å²) in [5.74, 6) is -0.566. The molecule has 0 aliphatic heterocycles. The Bertz CT molecular complexity index is 1860. The number of carbonyl (C=O) groups is 4. The van der Waals surface area contributed by atoms with Crippen molar-refractivity contribution < 1.29 is 80.2 Å². The predicted molar refractivity (Wildman–Crippen MR) is 391 cm³/mol. The molecule has 0 spiro atoms. The fourth-order valence-electron chi connectivity index (χ4n) is 11.8. The topological polar surface area (TPSA) is 237 Å². The molecule has 0 aliphatic rings. The summed E-state index contributed by atoms with van der Waals surface area (Å²) >= 11 is 0. The smallest absolute Gasteiger partial charge is 0.462 e. The molecule has 0 radical (unpaired) electrons. The molecule has 19 heteroatoms. The SMILES string of the molecule is CCCCCCCCCCCCCCC(=O)OC[C@H](COP(=O)(O)OC[C@@H](O)COP(=O)(O)OC[C@@H](COC(=O)CCCCCCCCCCC(C)C)OC(=O)CCCCCCCCCCCCCC)OC(=O)CCCCCCCCCCCCCCCCCCCCC(C)C. The Morgan fingerprint density at radius 1 is 0.281 bits per heavy atom. The summed E-state index contributed by atoms with van der Waals surface area (Å²) in [7, 11) is -9.91. The van der Waals surface area contributed by atoms with Crippen molar-refractivity contribution in [3.05, 3.63) is 0 Å². The number of phosphoric acid groups is 2. The van der Waals surface area contributed by atoms with Gasteiger partial charge in [-0.3, -0.25) is 37.3 Å². The number of rotatable bonds is 76. The number of aliphatic hydroxyl groups excluding tert-OH is 1. The fraction of sp³-hybridized carbons (Fsp3) is 0.948. The minimum Gasteiger partial charge on any atom is -0.462 e. The first-order valence-electron chi connectivity index (χ1n) is 40.0. The van der Waals surface area contributed by atoms with Gasteiger partial charge in [0.05, 0.1) is 26.4 Å². The molecular weight excluding hydrogens is 1260 g/mol. The number of hydrogen-bond donors (Lipinski definition) is 3. The molecule has 0 aromatic heterocycles. The van der Waals surface area contributed by atoms with E-state index in [-0.39, 0.29) is 25.7 Å². The minimum atomic E-state index is -4.96. The van der Waals surface area contributed by atoms with E-state index in [2.05, 4.69) is 41.5 Å². The molecule has 2 unspecified atom stereocenters. The number of ether oxygens (including phenoxy) is 4. The molecule has 3 N–H and O–H groups in total. The highest BCUT2D eigenvalue weighted by Crippen LogP contribution is 2.45. The van der Waals surface area contributed by atoms with Crippen molar-refractivity contribution in [3.63, 3.8) is 0 Å². The fourth-order valence-corrected chi connectivity index (χ4v) is 13.4. The van der Waals surface area contributed by atoms with E-state index < -0.39 is 97.5 Å². The molecule has 0 aromatic carbocycles. The highest BCUT2D eigenvalue weighted by atomic mass is 31.2. The van der Waals surface area contributed by atoms with Crippen molar-refractivity contribution in [3.8, 4) is 0 Å². The Morgan fingerprint density at radius 3 is 0.708 bits per heavy atom. The molecule has 17 nitrogen and oxygen atoms in total. The third-order valence-corrected chi connectivity index (χ3v) is 19.9. The molecule has 96 heavy (non-hydrogen) atoms. The van der Waals surface area contributed by atoms with Crippen molar-refractivity contribution >= 4 is 39.5 Å². The minimum absolute atomic E-state index is 0.107. The third kappa shape index (κ3) is 70.5. The van der Waals surface area contributed by atoms with Gasteiger partial charge < -0.3 is 33.8 Å². The van der Waals surface area contributed by atoms with Gasteiger partial charge >= 0.3 is 39.5 Å². The molecule has 0 bridgehead atoms. The standard InChI is InChI=1S/C77H150O17P2/c1-7-9-11-13-15-17-19-30-34-41-47-53-59-74(79)87-65-72(93-77(82)62-56-50-44-36-32-28-26-24-22-21-23-25-27-29-33-39-45-51-57-69(3)4)67-91-95(83,84)89-63-71(78)64-90-96(85,86)92-68-73(66-88-75(80)60-54-48-42-38-37-40-46-52-58-70(5)6)94-76(81)61-55-49-43-35-31-20-18-16-14-12-10-8-2/h69-73,78H,7-68H2,1-6H3,(H,83,84)(H,85,86)/t71-,72-,73-/m1/s1. The Kier molecular flexibility index (Phi) is 67.4. The van der Waals surface area contributed by atoms with Crippen LogP contribution in [-0.2, 0) is 65.4 Å². The van der Waals surface area contributed by atoms with E-state index in [1.165, 1.54) is 218 Å². The van der Waals surface area contributed by atoms with Gasteiger partial charge in [0.15, 0.2) is 12.2 Å². The lowest BCUT2D eigenvalue weighted by Crippen LogP contribution is -2.30. The van der Waals surface area contributed by atoms with E-state index in [0.29, 0.717) is 25.7 Å². The van der Waals surface area contributed by atoms with Crippen molar-refractivity contribution in [2.24, 2.45) is 11.8 Å². The zero-order chi connectivity index (χ0) is 70.7. The first kappa shape index (κ1) is 94.1. The summed E-state index contributed by atoms with van der Waals surface area (Å²) in [5, 5.41) is 10.6. The van der Waals surface area contributed by atoms with Crippen LogP contribution in [0.4, 0.5) is 0 Å². The normalized spacial score (nSPS) is 14.0. The maximum Gasteiger partial charge on any atom is 0.472 e. The number of unbranched alkanes of at least 4 members (excludes halogenated alkanes) is 46. The Balaban J connectivity index is 5.20. The molecule has 0 saturated carbocycles. The molecular formula is C77H150O17P2. The monoisotopic (exact) mass is 1410 g/mol. The number of phosphoric ester groups is 2. The molecule has 0 aromatic rings. The highest BCUT2D eigenvalue weighted by molar-refractivity contribution is 7.47. The summed E-state index contributed by atoms with van der Waals surface area (Å²) in [5.41, 5.74) is 0. The van der Waals surface area contributed by atoms with E-state index in [4.69, 9.17) is 37.0 Å². The van der Waals surface area contributed by atoms with Crippen molar-refractivity contribution in [2.75, 3.05) is 39.6 Å². The van der Waals surface area contributed by atoms with Gasteiger partial charge in [0.25, 0.3) is 0 Å². The largest absolute Gasteiger partial charge is 0.472 e. The summed E-state index contributed by atoms with van der Waals surface area (Å²) in [6.45, 7) is 9.60. The third-order valence-electron chi connectivity index (χ3n) is 18.0. The van der Waals surface area contributed by atoms with Gasteiger partial charge in [0.2, 0.25) is 0 Å². The lowest BCUT2D eigenvalue weighted by atomic mass is 10.0. The second-order valence-corrected chi connectivity index (χ2v) is 31.6. The van der Waals surface area contributed by atoms with Crippen LogP contribution in [0, 0.1) is 11.8 Å². The van der Waals surface area contributed by atoms with Gasteiger partial charge in [0, 0.05) is 25.7 Å². The molecule has 5 atom stereocenters. The first-order valence-corrected chi connectivity index (χ1v) is 43.0. The second-order valence-electron chi connectivity index (χ2n) is 28.7. The second kappa shape index (κ2) is 68.8. The molecule has 570 valence electrons. The maximum atomic E-state index is 13.1. The number of hydrogen-bond acceptors (Lipinski definition) is 15. The average Bonchev–Trinajstić information content (AvgIpc) is 1.21. The van der Waals surface area contributed by atoms with Crippen molar-refractivity contribution in [1.29, 1.82) is 0 Å². The van der Waals surface area contributed by atoms with Gasteiger partial charge in [-0.25, -0.2) is 9.13 Å². The van der Waals surface area contributed by atoms with Crippen LogP contribution in [0.1, 0.15) is 401 Å². The number of carbonyl (C=O) groups excluding carboxylic acids is 4. The van der Waals surface area contributed by atoms with Gasteiger partial charge in [-0.15, -0.1) is 0 Å². The maximum absolute atomic E-state index is 13.1. The Morgan fingerprint density at radius 2 is 0.479 bits per heavy atom. The van der Waals surface area contributed by atoms with Crippen LogP contribution in [0.25, 0.3) is 0 Å². The molecule has 0 saturated heterocycles. The summed E-state index contributed by atoms with van der Waals surface area (Å²) < 4.78 is 68.5. The van der Waals surface area contributed by atoms with Crippen LogP contribution >= 0.6 is 15.6 Å². The summed E-state index contributed by atoms with van der Waals surface area (Å²) in [4.78, 5) is 72.8. The van der Waals surface area contributed by atoms with Crippen molar-refractivity contribution in [1.82, 2.24) is 0 Å². The summed E-state index contributed by atoms with van der Waals surface area (Å²) in [6, 6.07) is 0. The predicted octanol–water partition coefficient (Wildman–Crippen LogP) is 22.7. The van der Waals surface area contributed by atoms with E-state index >= 15 is 0 Å². The van der Waals surface area contributed by atoms with Crippen LogP contribution in [0.15, 0.2) is 0 Å². The van der Waals surface area contributed by atoms with Crippen LogP contribution < -0.4 is 0 Å². The van der Waals surface area contributed by atoms with E-state index in [9.17, 15) is 43.2 Å². The van der Waals surface area contributed by atoms with Gasteiger partial charge in [-0.1, -0.05) is 350 Å². The molecule has 0 rings (SSSR count). The Hall–Kier alpha value is -1.94. The van der Waals surface area contributed by atoms with Crippen molar-refractivity contribution in [2.45, 2.75) is 419 Å². The van der Waals surface area contributed by atoms with Gasteiger partial charge in [-0.2, -0.15) is 0 Å².